The number of aliphatic hydroxyl groups excluding tert-OH is 1. The SMILES string of the molecule is C=Cc1ccc(NC(=O)c2ccc(Cl)c(N(CCO)c3ncccc3Cl)c2)cc1C(F)(F)F. The maximum absolute atomic E-state index is 13.3. The van der Waals surface area contributed by atoms with Crippen molar-refractivity contribution in [3.05, 3.63) is 88.0 Å². The summed E-state index contributed by atoms with van der Waals surface area (Å²) in [6, 6.07) is 11.0. The minimum Gasteiger partial charge on any atom is -0.395 e. The van der Waals surface area contributed by atoms with E-state index in [-0.39, 0.29) is 35.0 Å². The van der Waals surface area contributed by atoms with Gasteiger partial charge in [-0.2, -0.15) is 13.2 Å². The van der Waals surface area contributed by atoms with Gasteiger partial charge in [0.2, 0.25) is 0 Å². The smallest absolute Gasteiger partial charge is 0.395 e. The summed E-state index contributed by atoms with van der Waals surface area (Å²) in [5, 5.41) is 12.5. The zero-order valence-electron chi connectivity index (χ0n) is 17.0. The lowest BCUT2D eigenvalue weighted by atomic mass is 10.1. The van der Waals surface area contributed by atoms with Gasteiger partial charge in [-0.3, -0.25) is 4.79 Å². The molecule has 2 N–H and O–H groups in total. The number of aromatic nitrogens is 1. The van der Waals surface area contributed by atoms with Crippen LogP contribution in [0, 0.1) is 0 Å². The largest absolute Gasteiger partial charge is 0.417 e. The maximum atomic E-state index is 13.3. The van der Waals surface area contributed by atoms with Crippen LogP contribution in [-0.2, 0) is 6.18 Å². The number of alkyl halides is 3. The van der Waals surface area contributed by atoms with Crippen molar-refractivity contribution in [1.82, 2.24) is 4.98 Å². The number of nitrogens with zero attached hydrogens (tertiary/aromatic N) is 2. The molecule has 0 bridgehead atoms. The number of amides is 1. The van der Waals surface area contributed by atoms with E-state index in [2.05, 4.69) is 16.9 Å². The van der Waals surface area contributed by atoms with Crippen LogP contribution < -0.4 is 10.2 Å². The summed E-state index contributed by atoms with van der Waals surface area (Å²) in [5.74, 6) is -0.328. The van der Waals surface area contributed by atoms with Crippen molar-refractivity contribution in [2.75, 3.05) is 23.4 Å². The minimum atomic E-state index is -4.61. The number of halogens is 5. The number of pyridine rings is 1. The summed E-state index contributed by atoms with van der Waals surface area (Å²) >= 11 is 12.6. The number of carbonyl (C=O) groups excluding carboxylic acids is 1. The minimum absolute atomic E-state index is 0.0330. The number of hydrogen-bond donors (Lipinski definition) is 2. The second kappa shape index (κ2) is 10.2. The molecule has 172 valence electrons. The Bertz CT molecular complexity index is 1190. The van der Waals surface area contributed by atoms with Gasteiger partial charge in [0, 0.05) is 24.0 Å². The molecule has 10 heteroatoms. The van der Waals surface area contributed by atoms with E-state index in [0.717, 1.165) is 12.1 Å². The molecule has 0 saturated carbocycles. The fraction of sp³-hybridized carbons (Fsp3) is 0.130. The zero-order valence-corrected chi connectivity index (χ0v) is 18.5. The molecule has 3 aromatic rings. The van der Waals surface area contributed by atoms with E-state index >= 15 is 0 Å². The lowest BCUT2D eigenvalue weighted by Crippen LogP contribution is -2.23. The number of aliphatic hydroxyl groups is 1. The van der Waals surface area contributed by atoms with Crippen LogP contribution in [0.2, 0.25) is 10.0 Å². The standard InChI is InChI=1S/C23H18Cl2F3N3O2/c1-2-14-5-7-16(13-17(14)23(26,27)28)30-22(33)15-6-8-18(24)20(12-15)31(10-11-32)21-19(25)4-3-9-29-21/h2-9,12-13,32H,1,10-11H2,(H,30,33). The predicted molar refractivity (Wildman–Crippen MR) is 124 cm³/mol. The van der Waals surface area contributed by atoms with E-state index in [4.69, 9.17) is 23.2 Å². The molecule has 0 saturated heterocycles. The average Bonchev–Trinajstić information content (AvgIpc) is 2.78. The zero-order chi connectivity index (χ0) is 24.2. The molecule has 0 fully saturated rings. The Labute approximate surface area is 198 Å². The average molecular weight is 496 g/mol. The fourth-order valence-electron chi connectivity index (χ4n) is 3.14. The molecule has 0 aliphatic heterocycles. The van der Waals surface area contributed by atoms with Gasteiger partial charge in [0.15, 0.2) is 5.82 Å². The molecular weight excluding hydrogens is 478 g/mol. The molecule has 0 atom stereocenters. The highest BCUT2D eigenvalue weighted by atomic mass is 35.5. The van der Waals surface area contributed by atoms with Crippen molar-refractivity contribution in [1.29, 1.82) is 0 Å². The monoisotopic (exact) mass is 495 g/mol. The number of hydrogen-bond acceptors (Lipinski definition) is 4. The Hall–Kier alpha value is -3.07. The topological polar surface area (TPSA) is 65.5 Å². The van der Waals surface area contributed by atoms with Crippen LogP contribution in [-0.4, -0.2) is 29.1 Å². The highest BCUT2D eigenvalue weighted by Gasteiger charge is 2.33. The molecule has 1 heterocycles. The van der Waals surface area contributed by atoms with Crippen molar-refractivity contribution < 1.29 is 23.1 Å². The van der Waals surface area contributed by atoms with Gasteiger partial charge in [-0.1, -0.05) is 41.9 Å². The van der Waals surface area contributed by atoms with Gasteiger partial charge >= 0.3 is 6.18 Å². The van der Waals surface area contributed by atoms with Gasteiger partial charge in [-0.05, 0) is 48.0 Å². The lowest BCUT2D eigenvalue weighted by molar-refractivity contribution is -0.137. The fourth-order valence-corrected chi connectivity index (χ4v) is 3.58. The molecule has 1 amide bonds. The van der Waals surface area contributed by atoms with Crippen LogP contribution in [0.1, 0.15) is 21.5 Å². The summed E-state index contributed by atoms with van der Waals surface area (Å²) in [6.45, 7) is 3.22. The Morgan fingerprint density at radius 3 is 2.55 bits per heavy atom. The molecule has 0 radical (unpaired) electrons. The molecule has 0 aliphatic rings. The molecule has 5 nitrogen and oxygen atoms in total. The molecule has 0 aliphatic carbocycles. The lowest BCUT2D eigenvalue weighted by Gasteiger charge is -2.25. The first kappa shape index (κ1) is 24.6. The van der Waals surface area contributed by atoms with E-state index in [1.807, 2.05) is 0 Å². The van der Waals surface area contributed by atoms with Crippen molar-refractivity contribution >= 4 is 52.4 Å². The maximum Gasteiger partial charge on any atom is 0.417 e. The summed E-state index contributed by atoms with van der Waals surface area (Å²) in [7, 11) is 0. The number of nitrogens with one attached hydrogen (secondary N) is 1. The van der Waals surface area contributed by atoms with E-state index in [0.29, 0.717) is 16.5 Å². The highest BCUT2D eigenvalue weighted by molar-refractivity contribution is 6.35. The van der Waals surface area contributed by atoms with Crippen molar-refractivity contribution in [3.8, 4) is 0 Å². The summed E-state index contributed by atoms with van der Waals surface area (Å²) < 4.78 is 39.9. The highest BCUT2D eigenvalue weighted by Crippen LogP contribution is 2.36. The first-order valence-electron chi connectivity index (χ1n) is 9.59. The third kappa shape index (κ3) is 5.65. The summed E-state index contributed by atoms with van der Waals surface area (Å²) in [6.07, 6.45) is -2.00. The molecule has 0 unspecified atom stereocenters. The van der Waals surface area contributed by atoms with Crippen LogP contribution in [0.4, 0.5) is 30.4 Å². The summed E-state index contributed by atoms with van der Waals surface area (Å²) in [4.78, 5) is 18.6. The third-order valence-corrected chi connectivity index (χ3v) is 5.27. The van der Waals surface area contributed by atoms with Crippen LogP contribution in [0.25, 0.3) is 6.08 Å². The molecular formula is C23H18Cl2F3N3O2. The van der Waals surface area contributed by atoms with E-state index in [1.165, 1.54) is 36.5 Å². The van der Waals surface area contributed by atoms with Crippen molar-refractivity contribution in [2.45, 2.75) is 6.18 Å². The van der Waals surface area contributed by atoms with Crippen molar-refractivity contribution in [3.63, 3.8) is 0 Å². The first-order valence-corrected chi connectivity index (χ1v) is 10.3. The number of carbonyl (C=O) groups is 1. The van der Waals surface area contributed by atoms with Crippen molar-refractivity contribution in [2.24, 2.45) is 0 Å². The Kier molecular flexibility index (Phi) is 7.63. The molecule has 3 rings (SSSR count). The Morgan fingerprint density at radius 2 is 1.91 bits per heavy atom. The molecule has 0 spiro atoms. The second-order valence-corrected chi connectivity index (χ2v) is 7.62. The normalized spacial score (nSPS) is 11.2. The van der Waals surface area contributed by atoms with Gasteiger partial charge in [-0.15, -0.1) is 0 Å². The van der Waals surface area contributed by atoms with Gasteiger partial charge in [-0.25, -0.2) is 4.98 Å². The molecule has 2 aromatic carbocycles. The van der Waals surface area contributed by atoms with Gasteiger partial charge in [0.1, 0.15) is 0 Å². The number of benzene rings is 2. The Balaban J connectivity index is 1.95. The van der Waals surface area contributed by atoms with Crippen LogP contribution in [0.15, 0.2) is 61.3 Å². The Morgan fingerprint density at radius 1 is 1.15 bits per heavy atom. The van der Waals surface area contributed by atoms with Gasteiger partial charge < -0.3 is 15.3 Å². The van der Waals surface area contributed by atoms with Gasteiger partial charge in [0.25, 0.3) is 5.91 Å². The quantitative estimate of drug-likeness (QED) is 0.396. The van der Waals surface area contributed by atoms with E-state index < -0.39 is 17.6 Å². The predicted octanol–water partition coefficient (Wildman–Crippen LogP) is 6.43. The van der Waals surface area contributed by atoms with Crippen LogP contribution in [0.5, 0.6) is 0 Å². The van der Waals surface area contributed by atoms with Gasteiger partial charge in [0.05, 0.1) is 27.9 Å². The van der Waals surface area contributed by atoms with Crippen LogP contribution in [0.3, 0.4) is 0 Å². The third-order valence-electron chi connectivity index (χ3n) is 4.65. The van der Waals surface area contributed by atoms with E-state index in [9.17, 15) is 23.1 Å². The van der Waals surface area contributed by atoms with E-state index in [1.54, 1.807) is 17.0 Å². The summed E-state index contributed by atoms with van der Waals surface area (Å²) in [5.41, 5.74) is -0.565. The number of anilines is 3. The first-order chi connectivity index (χ1) is 15.7. The molecule has 1 aromatic heterocycles. The van der Waals surface area contributed by atoms with Crippen LogP contribution >= 0.6 is 23.2 Å². The molecule has 33 heavy (non-hydrogen) atoms. The second-order valence-electron chi connectivity index (χ2n) is 6.81. The number of rotatable bonds is 7.